The van der Waals surface area contributed by atoms with Crippen molar-refractivity contribution in [2.24, 2.45) is 0 Å². The average Bonchev–Trinajstić information content (AvgIpc) is 2.79. The molecule has 4 rings (SSSR count). The van der Waals surface area contributed by atoms with Gasteiger partial charge < -0.3 is 4.74 Å². The van der Waals surface area contributed by atoms with Gasteiger partial charge in [-0.2, -0.15) is 4.31 Å². The van der Waals surface area contributed by atoms with Crippen molar-refractivity contribution in [1.82, 2.24) is 14.3 Å². The van der Waals surface area contributed by atoms with Gasteiger partial charge in [-0.1, -0.05) is 12.1 Å². The highest BCUT2D eigenvalue weighted by atomic mass is 32.2. The van der Waals surface area contributed by atoms with Crippen molar-refractivity contribution < 1.29 is 17.5 Å². The third-order valence-electron chi connectivity index (χ3n) is 5.29. The van der Waals surface area contributed by atoms with Crippen LogP contribution in [0.3, 0.4) is 0 Å². The van der Waals surface area contributed by atoms with Gasteiger partial charge in [0.05, 0.1) is 23.4 Å². The molecule has 1 saturated heterocycles. The Balaban J connectivity index is 1.65. The summed E-state index contributed by atoms with van der Waals surface area (Å²) >= 11 is 0. The van der Waals surface area contributed by atoms with E-state index in [9.17, 15) is 12.8 Å². The number of aromatic nitrogens is 2. The van der Waals surface area contributed by atoms with Gasteiger partial charge in [-0.15, -0.1) is 0 Å². The van der Waals surface area contributed by atoms with Crippen LogP contribution in [0.5, 0.6) is 5.75 Å². The van der Waals surface area contributed by atoms with Gasteiger partial charge in [0, 0.05) is 37.0 Å². The van der Waals surface area contributed by atoms with Crippen LogP contribution in [0.15, 0.2) is 65.8 Å². The lowest BCUT2D eigenvalue weighted by Gasteiger charge is -2.32. The van der Waals surface area contributed by atoms with E-state index in [-0.39, 0.29) is 10.8 Å². The summed E-state index contributed by atoms with van der Waals surface area (Å²) in [4.78, 5) is 9.18. The lowest BCUT2D eigenvalue weighted by molar-refractivity contribution is 0.312. The van der Waals surface area contributed by atoms with Crippen LogP contribution in [0.25, 0.3) is 11.3 Å². The summed E-state index contributed by atoms with van der Waals surface area (Å²) in [6.07, 6.45) is 4.78. The Hall–Kier alpha value is -2.84. The minimum atomic E-state index is -3.71. The summed E-state index contributed by atoms with van der Waals surface area (Å²) in [5, 5.41) is 0. The van der Waals surface area contributed by atoms with E-state index in [0.29, 0.717) is 25.3 Å². The molecule has 0 spiro atoms. The summed E-state index contributed by atoms with van der Waals surface area (Å²) in [5.74, 6) is 0.157. The van der Waals surface area contributed by atoms with Crippen LogP contribution in [-0.4, -0.2) is 42.9 Å². The second-order valence-corrected chi connectivity index (χ2v) is 9.12. The second-order valence-electron chi connectivity index (χ2n) is 7.18. The predicted molar refractivity (Wildman–Crippen MR) is 111 cm³/mol. The van der Waals surface area contributed by atoms with Gasteiger partial charge in [0.25, 0.3) is 0 Å². The molecule has 0 unspecified atom stereocenters. The van der Waals surface area contributed by atoms with Crippen molar-refractivity contribution in [1.29, 1.82) is 0 Å². The summed E-state index contributed by atoms with van der Waals surface area (Å²) in [7, 11) is -2.10. The molecule has 1 aromatic heterocycles. The van der Waals surface area contributed by atoms with Crippen LogP contribution < -0.4 is 4.74 Å². The first-order chi connectivity index (χ1) is 14.5. The standard InChI is InChI=1S/C22H22FN3O3S/c1-29-19-6-2-4-16(14-19)21-22(25-12-11-24-21)17-5-3-13-26(15-17)30(27,28)20-9-7-18(23)8-10-20/h2,4,6-12,14,17H,3,5,13,15H2,1H3/t17-/m1/s1. The molecule has 1 aliphatic rings. The van der Waals surface area contributed by atoms with E-state index in [0.717, 1.165) is 35.5 Å². The van der Waals surface area contributed by atoms with Gasteiger partial charge in [-0.25, -0.2) is 12.8 Å². The van der Waals surface area contributed by atoms with Crippen molar-refractivity contribution >= 4 is 10.0 Å². The highest BCUT2D eigenvalue weighted by molar-refractivity contribution is 7.89. The molecule has 0 amide bonds. The van der Waals surface area contributed by atoms with Crippen molar-refractivity contribution in [3.05, 3.63) is 72.4 Å². The topological polar surface area (TPSA) is 72.4 Å². The molecular weight excluding hydrogens is 405 g/mol. The van der Waals surface area contributed by atoms with Crippen LogP contribution >= 0.6 is 0 Å². The molecule has 0 aliphatic carbocycles. The first kappa shape index (κ1) is 20.4. The molecule has 8 heteroatoms. The zero-order chi connectivity index (χ0) is 21.1. The number of methoxy groups -OCH3 is 1. The normalized spacial score (nSPS) is 17.6. The molecule has 2 heterocycles. The maximum atomic E-state index is 13.2. The maximum Gasteiger partial charge on any atom is 0.243 e. The molecule has 0 bridgehead atoms. The zero-order valence-electron chi connectivity index (χ0n) is 16.5. The fourth-order valence-corrected chi connectivity index (χ4v) is 5.30. The Morgan fingerprint density at radius 1 is 1.10 bits per heavy atom. The van der Waals surface area contributed by atoms with Gasteiger partial charge in [0.2, 0.25) is 10.0 Å². The van der Waals surface area contributed by atoms with E-state index in [1.165, 1.54) is 16.4 Å². The Morgan fingerprint density at radius 2 is 1.87 bits per heavy atom. The Bertz CT molecular complexity index is 1140. The Kier molecular flexibility index (Phi) is 5.78. The summed E-state index contributed by atoms with van der Waals surface area (Å²) in [6.45, 7) is 0.723. The highest BCUT2D eigenvalue weighted by Crippen LogP contribution is 2.34. The second kappa shape index (κ2) is 8.49. The number of halogens is 1. The van der Waals surface area contributed by atoms with Crippen LogP contribution in [0.4, 0.5) is 4.39 Å². The SMILES string of the molecule is COc1cccc(-c2nccnc2[C@@H]2CCCN(S(=O)(=O)c3ccc(F)cc3)C2)c1. The van der Waals surface area contributed by atoms with E-state index < -0.39 is 15.8 Å². The lowest BCUT2D eigenvalue weighted by Crippen LogP contribution is -2.39. The predicted octanol–water partition coefficient (Wildman–Crippen LogP) is 3.86. The fraction of sp³-hybridized carbons (Fsp3) is 0.273. The Labute approximate surface area is 175 Å². The van der Waals surface area contributed by atoms with Gasteiger partial charge in [-0.05, 0) is 49.2 Å². The van der Waals surface area contributed by atoms with Crippen LogP contribution in [-0.2, 0) is 10.0 Å². The van der Waals surface area contributed by atoms with Gasteiger partial charge in [0.15, 0.2) is 0 Å². The smallest absolute Gasteiger partial charge is 0.243 e. The van der Waals surface area contributed by atoms with Crippen molar-refractivity contribution in [2.45, 2.75) is 23.7 Å². The number of benzene rings is 2. The third-order valence-corrected chi connectivity index (χ3v) is 7.17. The molecule has 0 N–H and O–H groups in total. The molecule has 1 fully saturated rings. The number of hydrogen-bond acceptors (Lipinski definition) is 5. The summed E-state index contributed by atoms with van der Waals surface area (Å²) in [6, 6.07) is 12.5. The summed E-state index contributed by atoms with van der Waals surface area (Å²) in [5.41, 5.74) is 2.36. The number of nitrogens with zero attached hydrogens (tertiary/aromatic N) is 3. The van der Waals surface area contributed by atoms with E-state index in [2.05, 4.69) is 9.97 Å². The quantitative estimate of drug-likeness (QED) is 0.618. The number of sulfonamides is 1. The van der Waals surface area contributed by atoms with Crippen molar-refractivity contribution in [3.63, 3.8) is 0 Å². The zero-order valence-corrected chi connectivity index (χ0v) is 17.3. The minimum Gasteiger partial charge on any atom is -0.497 e. The first-order valence-corrected chi connectivity index (χ1v) is 11.1. The number of rotatable bonds is 5. The van der Waals surface area contributed by atoms with Crippen LogP contribution in [0.2, 0.25) is 0 Å². The van der Waals surface area contributed by atoms with E-state index >= 15 is 0 Å². The van der Waals surface area contributed by atoms with Crippen molar-refractivity contribution in [3.8, 4) is 17.0 Å². The molecule has 30 heavy (non-hydrogen) atoms. The largest absolute Gasteiger partial charge is 0.497 e. The average molecular weight is 428 g/mol. The third kappa shape index (κ3) is 4.06. The minimum absolute atomic E-state index is 0.0936. The highest BCUT2D eigenvalue weighted by Gasteiger charge is 2.32. The number of piperidine rings is 1. The molecule has 1 aliphatic heterocycles. The maximum absolute atomic E-state index is 13.2. The molecule has 156 valence electrons. The molecular formula is C22H22FN3O3S. The Morgan fingerprint density at radius 3 is 2.63 bits per heavy atom. The molecule has 1 atom stereocenters. The van der Waals surface area contributed by atoms with E-state index in [4.69, 9.17) is 4.74 Å². The molecule has 3 aromatic rings. The fourth-order valence-electron chi connectivity index (χ4n) is 3.78. The van der Waals surface area contributed by atoms with Gasteiger partial charge >= 0.3 is 0 Å². The number of hydrogen-bond donors (Lipinski definition) is 0. The van der Waals surface area contributed by atoms with Crippen molar-refractivity contribution in [2.75, 3.05) is 20.2 Å². The molecule has 2 aromatic carbocycles. The van der Waals surface area contributed by atoms with E-state index in [1.54, 1.807) is 19.5 Å². The van der Waals surface area contributed by atoms with Crippen LogP contribution in [0.1, 0.15) is 24.5 Å². The van der Waals surface area contributed by atoms with Gasteiger partial charge in [-0.3, -0.25) is 9.97 Å². The van der Waals surface area contributed by atoms with E-state index in [1.807, 2.05) is 24.3 Å². The monoisotopic (exact) mass is 427 g/mol. The lowest BCUT2D eigenvalue weighted by atomic mass is 9.92. The molecule has 0 radical (unpaired) electrons. The first-order valence-electron chi connectivity index (χ1n) is 9.70. The molecule has 0 saturated carbocycles. The summed E-state index contributed by atoms with van der Waals surface area (Å²) < 4.78 is 46.1. The number of ether oxygens (including phenoxy) is 1. The van der Waals surface area contributed by atoms with Crippen LogP contribution in [0, 0.1) is 5.82 Å². The molecule has 6 nitrogen and oxygen atoms in total. The van der Waals surface area contributed by atoms with Gasteiger partial charge in [0.1, 0.15) is 11.6 Å².